The average Bonchev–Trinajstić information content (AvgIpc) is 2.80. The van der Waals surface area contributed by atoms with Crippen LogP contribution in [0.15, 0.2) is 18.2 Å². The Balaban J connectivity index is 2.15. The molecule has 2 N–H and O–H groups in total. The van der Waals surface area contributed by atoms with Crippen LogP contribution in [-0.2, 0) is 11.2 Å². The van der Waals surface area contributed by atoms with E-state index in [2.05, 4.69) is 0 Å². The summed E-state index contributed by atoms with van der Waals surface area (Å²) in [6.07, 6.45) is 1.85. The molecule has 2 rings (SSSR count). The van der Waals surface area contributed by atoms with E-state index in [4.69, 9.17) is 19.9 Å². The molecule has 1 aliphatic heterocycles. The molecule has 106 valence electrons. The van der Waals surface area contributed by atoms with E-state index in [1.807, 2.05) is 32.0 Å². The molecule has 1 unspecified atom stereocenters. The standard InChI is InChI=1S/C15H23NO3/c1-15(2,16)9-11-4-5-13(17-3)14(8-11)19-12-6-7-18-10-12/h4-5,8,12H,6-7,9-10,16H2,1-3H3. The minimum atomic E-state index is -0.234. The number of methoxy groups -OCH3 is 1. The van der Waals surface area contributed by atoms with Crippen molar-refractivity contribution < 1.29 is 14.2 Å². The van der Waals surface area contributed by atoms with Crippen LogP contribution in [0.4, 0.5) is 0 Å². The van der Waals surface area contributed by atoms with E-state index < -0.39 is 0 Å². The molecule has 0 bridgehead atoms. The number of rotatable bonds is 5. The van der Waals surface area contributed by atoms with Crippen molar-refractivity contribution in [1.29, 1.82) is 0 Å². The fourth-order valence-electron chi connectivity index (χ4n) is 2.23. The van der Waals surface area contributed by atoms with Crippen LogP contribution in [0.3, 0.4) is 0 Å². The molecule has 1 aliphatic rings. The van der Waals surface area contributed by atoms with Gasteiger partial charge >= 0.3 is 0 Å². The molecule has 1 aromatic carbocycles. The lowest BCUT2D eigenvalue weighted by molar-refractivity contribution is 0.138. The Morgan fingerprint density at radius 2 is 2.16 bits per heavy atom. The molecule has 0 radical (unpaired) electrons. The second kappa shape index (κ2) is 5.80. The molecule has 0 saturated carbocycles. The highest BCUT2D eigenvalue weighted by molar-refractivity contribution is 5.43. The molecule has 1 saturated heterocycles. The highest BCUT2D eigenvalue weighted by Crippen LogP contribution is 2.31. The van der Waals surface area contributed by atoms with Crippen LogP contribution in [0, 0.1) is 0 Å². The van der Waals surface area contributed by atoms with Gasteiger partial charge in [-0.15, -0.1) is 0 Å². The summed E-state index contributed by atoms with van der Waals surface area (Å²) < 4.78 is 16.6. The predicted molar refractivity (Wildman–Crippen MR) is 74.8 cm³/mol. The van der Waals surface area contributed by atoms with E-state index in [1.54, 1.807) is 7.11 Å². The number of nitrogens with two attached hydrogens (primary N) is 1. The Morgan fingerprint density at radius 1 is 1.37 bits per heavy atom. The maximum absolute atomic E-state index is 6.06. The van der Waals surface area contributed by atoms with Crippen molar-refractivity contribution in [2.75, 3.05) is 20.3 Å². The van der Waals surface area contributed by atoms with Crippen molar-refractivity contribution in [3.05, 3.63) is 23.8 Å². The van der Waals surface area contributed by atoms with E-state index in [0.29, 0.717) is 6.61 Å². The molecule has 4 nitrogen and oxygen atoms in total. The first-order valence-corrected chi connectivity index (χ1v) is 6.68. The third kappa shape index (κ3) is 4.11. The molecule has 19 heavy (non-hydrogen) atoms. The topological polar surface area (TPSA) is 53.7 Å². The van der Waals surface area contributed by atoms with Crippen LogP contribution in [0.5, 0.6) is 11.5 Å². The van der Waals surface area contributed by atoms with Gasteiger partial charge in [-0.25, -0.2) is 0 Å². The molecule has 4 heteroatoms. The normalized spacial score (nSPS) is 19.5. The molecule has 0 aliphatic carbocycles. The van der Waals surface area contributed by atoms with Crippen molar-refractivity contribution in [2.24, 2.45) is 5.73 Å². The van der Waals surface area contributed by atoms with E-state index in [0.717, 1.165) is 36.5 Å². The lowest BCUT2D eigenvalue weighted by Crippen LogP contribution is -2.34. The van der Waals surface area contributed by atoms with E-state index in [1.165, 1.54) is 0 Å². The predicted octanol–water partition coefficient (Wildman–Crippen LogP) is 2.14. The Kier molecular flexibility index (Phi) is 4.32. The third-order valence-corrected chi connectivity index (χ3v) is 3.07. The van der Waals surface area contributed by atoms with E-state index in [9.17, 15) is 0 Å². The first-order valence-electron chi connectivity index (χ1n) is 6.68. The summed E-state index contributed by atoms with van der Waals surface area (Å²) >= 11 is 0. The average molecular weight is 265 g/mol. The van der Waals surface area contributed by atoms with Gasteiger partial charge in [0.1, 0.15) is 6.10 Å². The lowest BCUT2D eigenvalue weighted by atomic mass is 9.96. The molecule has 0 aromatic heterocycles. The van der Waals surface area contributed by atoms with Crippen molar-refractivity contribution in [1.82, 2.24) is 0 Å². The highest BCUT2D eigenvalue weighted by Gasteiger charge is 2.20. The third-order valence-electron chi connectivity index (χ3n) is 3.07. The molecule has 1 heterocycles. The molecular weight excluding hydrogens is 242 g/mol. The van der Waals surface area contributed by atoms with Gasteiger partial charge in [-0.2, -0.15) is 0 Å². The zero-order valence-corrected chi connectivity index (χ0v) is 11.9. The highest BCUT2D eigenvalue weighted by atomic mass is 16.6. The zero-order valence-electron chi connectivity index (χ0n) is 11.9. The Labute approximate surface area is 114 Å². The first kappa shape index (κ1) is 14.2. The van der Waals surface area contributed by atoms with Gasteiger partial charge < -0.3 is 19.9 Å². The van der Waals surface area contributed by atoms with Gasteiger partial charge in [0.15, 0.2) is 11.5 Å². The fraction of sp³-hybridized carbons (Fsp3) is 0.600. The summed E-state index contributed by atoms with van der Waals surface area (Å²) in [5, 5.41) is 0. The quantitative estimate of drug-likeness (QED) is 0.886. The van der Waals surface area contributed by atoms with Crippen LogP contribution in [0.25, 0.3) is 0 Å². The van der Waals surface area contributed by atoms with Gasteiger partial charge in [-0.05, 0) is 38.0 Å². The summed E-state index contributed by atoms with van der Waals surface area (Å²) in [7, 11) is 1.65. The first-order chi connectivity index (χ1) is 8.98. The molecule has 1 atom stereocenters. The van der Waals surface area contributed by atoms with Gasteiger partial charge in [0.2, 0.25) is 0 Å². The second-order valence-electron chi connectivity index (χ2n) is 5.75. The zero-order chi connectivity index (χ0) is 13.9. The number of ether oxygens (including phenoxy) is 3. The SMILES string of the molecule is COc1ccc(CC(C)(C)N)cc1OC1CCOC1. The van der Waals surface area contributed by atoms with Gasteiger partial charge in [-0.3, -0.25) is 0 Å². The van der Waals surface area contributed by atoms with Gasteiger partial charge in [0.05, 0.1) is 20.3 Å². The number of benzene rings is 1. The van der Waals surface area contributed by atoms with Crippen molar-refractivity contribution in [2.45, 2.75) is 38.3 Å². The monoisotopic (exact) mass is 265 g/mol. The largest absolute Gasteiger partial charge is 0.493 e. The minimum absolute atomic E-state index is 0.120. The molecule has 1 fully saturated rings. The van der Waals surface area contributed by atoms with Crippen LogP contribution in [-0.4, -0.2) is 32.0 Å². The van der Waals surface area contributed by atoms with Crippen LogP contribution in [0.2, 0.25) is 0 Å². The molecule has 0 amide bonds. The molecular formula is C15H23NO3. The summed E-state index contributed by atoms with van der Waals surface area (Å²) in [6, 6.07) is 5.99. The fourth-order valence-corrected chi connectivity index (χ4v) is 2.23. The van der Waals surface area contributed by atoms with Crippen molar-refractivity contribution in [3.63, 3.8) is 0 Å². The van der Waals surface area contributed by atoms with Gasteiger partial charge in [0.25, 0.3) is 0 Å². The maximum atomic E-state index is 6.06. The van der Waals surface area contributed by atoms with E-state index in [-0.39, 0.29) is 11.6 Å². The van der Waals surface area contributed by atoms with E-state index >= 15 is 0 Å². The van der Waals surface area contributed by atoms with Gasteiger partial charge in [-0.1, -0.05) is 6.07 Å². The lowest BCUT2D eigenvalue weighted by Gasteiger charge is -2.20. The summed E-state index contributed by atoms with van der Waals surface area (Å²) in [5.41, 5.74) is 6.98. The molecule has 0 spiro atoms. The summed E-state index contributed by atoms with van der Waals surface area (Å²) in [5.74, 6) is 1.53. The second-order valence-corrected chi connectivity index (χ2v) is 5.75. The smallest absolute Gasteiger partial charge is 0.161 e. The summed E-state index contributed by atoms with van der Waals surface area (Å²) in [4.78, 5) is 0. The van der Waals surface area contributed by atoms with Crippen LogP contribution in [0.1, 0.15) is 25.8 Å². The Bertz CT molecular complexity index is 420. The van der Waals surface area contributed by atoms with Crippen LogP contribution >= 0.6 is 0 Å². The van der Waals surface area contributed by atoms with Crippen LogP contribution < -0.4 is 15.2 Å². The maximum Gasteiger partial charge on any atom is 0.161 e. The number of hydrogen-bond acceptors (Lipinski definition) is 4. The minimum Gasteiger partial charge on any atom is -0.493 e. The van der Waals surface area contributed by atoms with Gasteiger partial charge in [0, 0.05) is 12.0 Å². The Hall–Kier alpha value is -1.26. The number of hydrogen-bond donors (Lipinski definition) is 1. The van der Waals surface area contributed by atoms with Crippen molar-refractivity contribution in [3.8, 4) is 11.5 Å². The Morgan fingerprint density at radius 3 is 2.74 bits per heavy atom. The molecule has 1 aromatic rings. The summed E-state index contributed by atoms with van der Waals surface area (Å²) in [6.45, 7) is 5.45. The van der Waals surface area contributed by atoms with Crippen molar-refractivity contribution >= 4 is 0 Å².